The Morgan fingerprint density at radius 2 is 0.950 bits per heavy atom. The highest BCUT2D eigenvalue weighted by atomic mass is 16.3. The molecule has 0 aromatic carbocycles. The number of nitrogens with two attached hydrogens (primary N) is 1. The van der Waals surface area contributed by atoms with Crippen molar-refractivity contribution in [2.45, 2.75) is 96.8 Å². The molecule has 0 radical (unpaired) electrons. The van der Waals surface area contributed by atoms with Crippen molar-refractivity contribution in [1.82, 2.24) is 0 Å². The molecule has 0 amide bonds. The summed E-state index contributed by atoms with van der Waals surface area (Å²) in [4.78, 5) is 8.36. The lowest BCUT2D eigenvalue weighted by atomic mass is 10.0. The summed E-state index contributed by atoms with van der Waals surface area (Å²) < 4.78 is 0. The largest absolute Gasteiger partial charge is 0.483 e. The predicted octanol–water partition coefficient (Wildman–Crippen LogP) is 5.13. The molecule has 0 spiro atoms. The minimum Gasteiger partial charge on any atom is -0.483 e. The second-order valence-corrected chi connectivity index (χ2v) is 5.49. The Balaban J connectivity index is 0. The van der Waals surface area contributed by atoms with Crippen molar-refractivity contribution in [2.24, 2.45) is 5.73 Å². The Morgan fingerprint density at radius 1 is 0.700 bits per heavy atom. The van der Waals surface area contributed by atoms with Crippen LogP contribution in [-0.4, -0.2) is 18.1 Å². The van der Waals surface area contributed by atoms with Crippen molar-refractivity contribution in [1.29, 1.82) is 0 Å². The first-order valence-corrected chi connectivity index (χ1v) is 8.61. The Labute approximate surface area is 126 Å². The van der Waals surface area contributed by atoms with E-state index in [1.54, 1.807) is 0 Å². The van der Waals surface area contributed by atoms with Crippen molar-refractivity contribution in [2.75, 3.05) is 6.54 Å². The summed E-state index contributed by atoms with van der Waals surface area (Å²) in [5, 5.41) is 6.89. The van der Waals surface area contributed by atoms with Gasteiger partial charge in [-0.15, -0.1) is 0 Å². The topological polar surface area (TPSA) is 63.3 Å². The van der Waals surface area contributed by atoms with E-state index in [-0.39, 0.29) is 6.47 Å². The standard InChI is InChI=1S/C16H35N.CH2O2/c1-2-3-4-5-6-7-8-9-10-11-12-13-14-15-16-17;2-1-3/h2-17H2,1H3;1H,(H,2,3). The lowest BCUT2D eigenvalue weighted by Gasteiger charge is -2.02. The minimum absolute atomic E-state index is 0.250. The van der Waals surface area contributed by atoms with Gasteiger partial charge in [-0.3, -0.25) is 4.79 Å². The quantitative estimate of drug-likeness (QED) is 0.344. The third-order valence-electron chi connectivity index (χ3n) is 3.56. The van der Waals surface area contributed by atoms with Crippen molar-refractivity contribution in [3.05, 3.63) is 0 Å². The molecule has 0 atom stereocenters. The van der Waals surface area contributed by atoms with Crippen LogP contribution in [0, 0.1) is 0 Å². The van der Waals surface area contributed by atoms with Gasteiger partial charge in [-0.05, 0) is 13.0 Å². The van der Waals surface area contributed by atoms with Gasteiger partial charge in [0.1, 0.15) is 0 Å². The zero-order valence-electron chi connectivity index (χ0n) is 13.6. The van der Waals surface area contributed by atoms with Crippen LogP contribution in [0.1, 0.15) is 96.8 Å². The molecule has 0 fully saturated rings. The van der Waals surface area contributed by atoms with Crippen LogP contribution in [0.5, 0.6) is 0 Å². The van der Waals surface area contributed by atoms with Gasteiger partial charge < -0.3 is 10.8 Å². The third-order valence-corrected chi connectivity index (χ3v) is 3.56. The minimum atomic E-state index is -0.250. The van der Waals surface area contributed by atoms with Crippen LogP contribution in [0.25, 0.3) is 0 Å². The highest BCUT2D eigenvalue weighted by molar-refractivity contribution is 5.32. The zero-order chi connectivity index (χ0) is 15.3. The van der Waals surface area contributed by atoms with Gasteiger partial charge in [0, 0.05) is 0 Å². The van der Waals surface area contributed by atoms with E-state index in [2.05, 4.69) is 6.92 Å². The fourth-order valence-electron chi connectivity index (χ4n) is 2.34. The lowest BCUT2D eigenvalue weighted by molar-refractivity contribution is -0.122. The Bertz CT molecular complexity index is 149. The van der Waals surface area contributed by atoms with Crippen molar-refractivity contribution >= 4 is 6.47 Å². The highest BCUT2D eigenvalue weighted by Crippen LogP contribution is 2.12. The van der Waals surface area contributed by atoms with E-state index in [0.29, 0.717) is 0 Å². The molecule has 20 heavy (non-hydrogen) atoms. The average molecular weight is 287 g/mol. The molecule has 0 aromatic heterocycles. The molecule has 122 valence electrons. The first-order valence-electron chi connectivity index (χ1n) is 8.61. The molecule has 0 heterocycles. The maximum Gasteiger partial charge on any atom is 0.290 e. The molecule has 0 saturated carbocycles. The maximum atomic E-state index is 8.36. The fraction of sp³-hybridized carbons (Fsp3) is 0.941. The predicted molar refractivity (Wildman–Crippen MR) is 88.1 cm³/mol. The lowest BCUT2D eigenvalue weighted by Crippen LogP contribution is -1.97. The monoisotopic (exact) mass is 287 g/mol. The highest BCUT2D eigenvalue weighted by Gasteiger charge is 1.93. The Kier molecular flexibility index (Phi) is 25.5. The summed E-state index contributed by atoms with van der Waals surface area (Å²) in [6, 6.07) is 0. The van der Waals surface area contributed by atoms with Crippen LogP contribution >= 0.6 is 0 Å². The van der Waals surface area contributed by atoms with Crippen molar-refractivity contribution < 1.29 is 9.90 Å². The van der Waals surface area contributed by atoms with E-state index < -0.39 is 0 Å². The molecule has 0 aliphatic carbocycles. The molecule has 0 unspecified atom stereocenters. The Hall–Kier alpha value is -0.570. The molecule has 0 bridgehead atoms. The third kappa shape index (κ3) is 26.1. The van der Waals surface area contributed by atoms with E-state index in [1.165, 1.54) is 89.9 Å². The van der Waals surface area contributed by atoms with Crippen LogP contribution in [0.15, 0.2) is 0 Å². The van der Waals surface area contributed by atoms with E-state index >= 15 is 0 Å². The first kappa shape index (κ1) is 21.7. The maximum absolute atomic E-state index is 8.36. The summed E-state index contributed by atoms with van der Waals surface area (Å²) in [6.45, 7) is 2.91. The van der Waals surface area contributed by atoms with Gasteiger partial charge in [0.15, 0.2) is 0 Å². The van der Waals surface area contributed by atoms with E-state index in [1.807, 2.05) is 0 Å². The van der Waals surface area contributed by atoms with Crippen LogP contribution < -0.4 is 5.73 Å². The smallest absolute Gasteiger partial charge is 0.290 e. The van der Waals surface area contributed by atoms with Crippen molar-refractivity contribution in [3.63, 3.8) is 0 Å². The van der Waals surface area contributed by atoms with Crippen LogP contribution in [0.2, 0.25) is 0 Å². The van der Waals surface area contributed by atoms with Gasteiger partial charge in [-0.25, -0.2) is 0 Å². The number of carboxylic acid groups (broad SMARTS) is 1. The molecule has 0 rings (SSSR count). The number of unbranched alkanes of at least 4 members (excludes halogenated alkanes) is 13. The number of carbonyl (C=O) groups is 1. The van der Waals surface area contributed by atoms with Gasteiger partial charge in [-0.2, -0.15) is 0 Å². The van der Waals surface area contributed by atoms with Gasteiger partial charge in [-0.1, -0.05) is 90.4 Å². The molecule has 0 aliphatic rings. The van der Waals surface area contributed by atoms with E-state index in [4.69, 9.17) is 15.6 Å². The molecule has 3 N–H and O–H groups in total. The molecular weight excluding hydrogens is 250 g/mol. The van der Waals surface area contributed by atoms with Gasteiger partial charge in [0.2, 0.25) is 0 Å². The summed E-state index contributed by atoms with van der Waals surface area (Å²) in [5.74, 6) is 0. The molecule has 0 aromatic rings. The SMILES string of the molecule is CCCCCCCCCCCCCCCCN.O=CO. The van der Waals surface area contributed by atoms with Gasteiger partial charge in [0.25, 0.3) is 6.47 Å². The number of hydrogen-bond donors (Lipinski definition) is 2. The summed E-state index contributed by atoms with van der Waals surface area (Å²) in [7, 11) is 0. The molecule has 0 aliphatic heterocycles. The Morgan fingerprint density at radius 3 is 1.20 bits per heavy atom. The van der Waals surface area contributed by atoms with Crippen molar-refractivity contribution in [3.8, 4) is 0 Å². The van der Waals surface area contributed by atoms with Crippen LogP contribution in [0.4, 0.5) is 0 Å². The first-order chi connectivity index (χ1) is 9.83. The normalized spacial score (nSPS) is 9.90. The second-order valence-electron chi connectivity index (χ2n) is 5.49. The fourth-order valence-corrected chi connectivity index (χ4v) is 2.34. The van der Waals surface area contributed by atoms with E-state index in [9.17, 15) is 0 Å². The molecule has 3 heteroatoms. The number of hydrogen-bond acceptors (Lipinski definition) is 2. The summed E-state index contributed by atoms with van der Waals surface area (Å²) in [5.41, 5.74) is 5.47. The van der Waals surface area contributed by atoms with E-state index in [0.717, 1.165) is 6.54 Å². The molecule has 0 saturated heterocycles. The van der Waals surface area contributed by atoms with Crippen LogP contribution in [-0.2, 0) is 4.79 Å². The second kappa shape index (κ2) is 23.5. The summed E-state index contributed by atoms with van der Waals surface area (Å²) >= 11 is 0. The van der Waals surface area contributed by atoms with Crippen LogP contribution in [0.3, 0.4) is 0 Å². The average Bonchev–Trinajstić information content (AvgIpc) is 2.45. The molecular formula is C17H37NO2. The number of rotatable bonds is 14. The van der Waals surface area contributed by atoms with Gasteiger partial charge in [0.05, 0.1) is 0 Å². The summed E-state index contributed by atoms with van der Waals surface area (Å²) in [6.07, 6.45) is 19.9. The molecule has 3 nitrogen and oxygen atoms in total. The zero-order valence-corrected chi connectivity index (χ0v) is 13.6. The van der Waals surface area contributed by atoms with Gasteiger partial charge >= 0.3 is 0 Å².